The van der Waals surface area contributed by atoms with Gasteiger partial charge < -0.3 is 9.42 Å². The van der Waals surface area contributed by atoms with E-state index in [1.54, 1.807) is 0 Å². The summed E-state index contributed by atoms with van der Waals surface area (Å²) in [5.74, 6) is 3.40. The number of hydrogen-bond acceptors (Lipinski definition) is 6. The number of nitrogens with zero attached hydrogens (tertiary/aromatic N) is 5. The normalized spacial score (nSPS) is 24.3. The summed E-state index contributed by atoms with van der Waals surface area (Å²) < 4.78 is 5.66. The Morgan fingerprint density at radius 2 is 1.96 bits per heavy atom. The molecule has 0 unspecified atom stereocenters. The molecule has 1 saturated carbocycles. The van der Waals surface area contributed by atoms with Crippen LogP contribution in [0.5, 0.6) is 0 Å². The van der Waals surface area contributed by atoms with Crippen molar-refractivity contribution in [3.05, 3.63) is 24.2 Å². The summed E-state index contributed by atoms with van der Waals surface area (Å²) in [6.45, 7) is 4.53. The molecule has 3 aliphatic rings. The van der Waals surface area contributed by atoms with E-state index in [1.807, 2.05) is 12.3 Å². The quantitative estimate of drug-likeness (QED) is 0.833. The first-order valence-corrected chi connectivity index (χ1v) is 9.66. The van der Waals surface area contributed by atoms with Gasteiger partial charge in [0, 0.05) is 31.4 Å². The molecule has 0 amide bonds. The van der Waals surface area contributed by atoms with Crippen molar-refractivity contribution < 1.29 is 4.52 Å². The van der Waals surface area contributed by atoms with Gasteiger partial charge in [0.15, 0.2) is 0 Å². The number of pyridine rings is 1. The second-order valence-electron chi connectivity index (χ2n) is 7.65. The zero-order valence-corrected chi connectivity index (χ0v) is 14.6. The molecule has 6 nitrogen and oxygen atoms in total. The number of likely N-dealkylation sites (tertiary alicyclic amines) is 1. The highest BCUT2D eigenvalue weighted by Crippen LogP contribution is 2.37. The summed E-state index contributed by atoms with van der Waals surface area (Å²) >= 11 is 0. The molecule has 0 N–H and O–H groups in total. The molecule has 1 atom stereocenters. The molecule has 0 spiro atoms. The Morgan fingerprint density at radius 1 is 1.08 bits per heavy atom. The predicted molar refractivity (Wildman–Crippen MR) is 95.2 cm³/mol. The highest BCUT2D eigenvalue weighted by molar-refractivity contribution is 5.59. The van der Waals surface area contributed by atoms with E-state index in [-0.39, 0.29) is 0 Å². The smallest absolute Gasteiger partial charge is 0.244 e. The fourth-order valence-corrected chi connectivity index (χ4v) is 4.12. The van der Waals surface area contributed by atoms with Crippen LogP contribution in [-0.4, -0.2) is 46.2 Å². The van der Waals surface area contributed by atoms with Crippen molar-refractivity contribution in [2.24, 2.45) is 5.92 Å². The van der Waals surface area contributed by atoms with Crippen LogP contribution in [0.25, 0.3) is 11.4 Å². The Bertz CT molecular complexity index is 735. The lowest BCUT2D eigenvalue weighted by molar-refractivity contribution is 0.201. The van der Waals surface area contributed by atoms with Gasteiger partial charge in [-0.1, -0.05) is 5.16 Å². The molecule has 6 heteroatoms. The molecule has 2 aromatic rings. The van der Waals surface area contributed by atoms with Crippen molar-refractivity contribution in [2.45, 2.75) is 44.6 Å². The molecule has 0 bridgehead atoms. The molecule has 3 fully saturated rings. The maximum absolute atomic E-state index is 5.66. The van der Waals surface area contributed by atoms with Gasteiger partial charge in [-0.15, -0.1) is 0 Å². The third-order valence-corrected chi connectivity index (χ3v) is 5.71. The van der Waals surface area contributed by atoms with Gasteiger partial charge in [-0.2, -0.15) is 4.98 Å². The van der Waals surface area contributed by atoms with Crippen molar-refractivity contribution >= 4 is 5.82 Å². The maximum atomic E-state index is 5.66. The average Bonchev–Trinajstić information content (AvgIpc) is 3.08. The zero-order valence-electron chi connectivity index (χ0n) is 14.6. The van der Waals surface area contributed by atoms with Gasteiger partial charge in [-0.3, -0.25) is 4.90 Å². The largest absolute Gasteiger partial charge is 0.357 e. The minimum absolute atomic E-state index is 0.307. The average molecular weight is 339 g/mol. The summed E-state index contributed by atoms with van der Waals surface area (Å²) in [4.78, 5) is 14.1. The number of rotatable bonds is 5. The summed E-state index contributed by atoms with van der Waals surface area (Å²) in [5, 5.41) is 4.27. The summed E-state index contributed by atoms with van der Waals surface area (Å²) in [7, 11) is 0. The third-order valence-electron chi connectivity index (χ3n) is 5.71. The second kappa shape index (κ2) is 6.41. The SMILES string of the molecule is c1cc(-c2noc([C@@H]3CCCN3CC3CC3)n2)cc(N2CCCC2)n1. The van der Waals surface area contributed by atoms with Crippen LogP contribution in [0.4, 0.5) is 5.82 Å². The summed E-state index contributed by atoms with van der Waals surface area (Å²) in [5.41, 5.74) is 0.999. The molecule has 2 aromatic heterocycles. The third kappa shape index (κ3) is 3.15. The van der Waals surface area contributed by atoms with E-state index >= 15 is 0 Å². The Labute approximate surface area is 148 Å². The van der Waals surface area contributed by atoms with Crippen LogP contribution in [0, 0.1) is 5.92 Å². The van der Waals surface area contributed by atoms with Crippen molar-refractivity contribution in [2.75, 3.05) is 31.1 Å². The second-order valence-corrected chi connectivity index (χ2v) is 7.65. The summed E-state index contributed by atoms with van der Waals surface area (Å²) in [6, 6.07) is 4.38. The van der Waals surface area contributed by atoms with Crippen molar-refractivity contribution in [1.82, 2.24) is 20.0 Å². The number of anilines is 1. The molecule has 2 aliphatic heterocycles. The van der Waals surface area contributed by atoms with Gasteiger partial charge in [0.05, 0.1) is 6.04 Å². The molecule has 25 heavy (non-hydrogen) atoms. The highest BCUT2D eigenvalue weighted by Gasteiger charge is 2.34. The van der Waals surface area contributed by atoms with E-state index in [0.29, 0.717) is 11.9 Å². The van der Waals surface area contributed by atoms with Crippen molar-refractivity contribution in [3.63, 3.8) is 0 Å². The van der Waals surface area contributed by atoms with E-state index in [1.165, 1.54) is 38.6 Å². The van der Waals surface area contributed by atoms with Crippen LogP contribution in [0.2, 0.25) is 0 Å². The first kappa shape index (κ1) is 15.3. The Morgan fingerprint density at radius 3 is 2.80 bits per heavy atom. The molecule has 132 valence electrons. The van der Waals surface area contributed by atoms with Gasteiger partial charge >= 0.3 is 0 Å². The Balaban J connectivity index is 1.36. The molecule has 2 saturated heterocycles. The first-order valence-electron chi connectivity index (χ1n) is 9.66. The Kier molecular flexibility index (Phi) is 3.93. The topological polar surface area (TPSA) is 58.3 Å². The van der Waals surface area contributed by atoms with Gasteiger partial charge in [-0.25, -0.2) is 4.98 Å². The zero-order chi connectivity index (χ0) is 16.6. The molecule has 0 radical (unpaired) electrons. The lowest BCUT2D eigenvalue weighted by Crippen LogP contribution is -2.25. The van der Waals surface area contributed by atoms with Crippen molar-refractivity contribution in [3.8, 4) is 11.4 Å². The fourth-order valence-electron chi connectivity index (χ4n) is 4.12. The summed E-state index contributed by atoms with van der Waals surface area (Å²) in [6.07, 6.45) is 9.47. The lowest BCUT2D eigenvalue weighted by Gasteiger charge is -2.20. The molecule has 4 heterocycles. The van der Waals surface area contributed by atoms with Gasteiger partial charge in [-0.05, 0) is 63.1 Å². The molecule has 0 aromatic carbocycles. The van der Waals surface area contributed by atoms with Crippen molar-refractivity contribution in [1.29, 1.82) is 0 Å². The van der Waals surface area contributed by atoms with Crippen LogP contribution in [0.3, 0.4) is 0 Å². The molecular formula is C19H25N5O. The van der Waals surface area contributed by atoms with E-state index in [0.717, 1.165) is 49.2 Å². The first-order chi connectivity index (χ1) is 12.4. The Hall–Kier alpha value is -1.95. The van der Waals surface area contributed by atoms with Crippen LogP contribution in [-0.2, 0) is 0 Å². The standard InChI is InChI=1S/C19H25N5O/c1-2-10-23(9-1)17-12-15(7-8-20-17)18-21-19(25-22-18)16-4-3-11-24(16)13-14-5-6-14/h7-8,12,14,16H,1-6,9-11,13H2/t16-/m0/s1. The van der Waals surface area contributed by atoms with Crippen LogP contribution in [0.15, 0.2) is 22.9 Å². The van der Waals surface area contributed by atoms with E-state index in [9.17, 15) is 0 Å². The number of aromatic nitrogens is 3. The van der Waals surface area contributed by atoms with Crippen LogP contribution < -0.4 is 4.90 Å². The highest BCUT2D eigenvalue weighted by atomic mass is 16.5. The van der Waals surface area contributed by atoms with E-state index in [4.69, 9.17) is 9.51 Å². The van der Waals surface area contributed by atoms with Gasteiger partial charge in [0.25, 0.3) is 0 Å². The minimum Gasteiger partial charge on any atom is -0.357 e. The minimum atomic E-state index is 0.307. The maximum Gasteiger partial charge on any atom is 0.244 e. The lowest BCUT2D eigenvalue weighted by atomic mass is 10.2. The monoisotopic (exact) mass is 339 g/mol. The van der Waals surface area contributed by atoms with Crippen LogP contribution in [0.1, 0.15) is 50.5 Å². The van der Waals surface area contributed by atoms with Gasteiger partial charge in [0.1, 0.15) is 5.82 Å². The predicted octanol–water partition coefficient (Wildman–Crippen LogP) is 3.28. The van der Waals surface area contributed by atoms with Gasteiger partial charge in [0.2, 0.25) is 11.7 Å². The molecule has 1 aliphatic carbocycles. The number of hydrogen-bond donors (Lipinski definition) is 0. The molecule has 5 rings (SSSR count). The fraction of sp³-hybridized carbons (Fsp3) is 0.632. The van der Waals surface area contributed by atoms with E-state index < -0.39 is 0 Å². The molecular weight excluding hydrogens is 314 g/mol. The van der Waals surface area contributed by atoms with Crippen LogP contribution >= 0.6 is 0 Å². The van der Waals surface area contributed by atoms with E-state index in [2.05, 4.69) is 26.0 Å².